The molecule has 8 nitrogen and oxygen atoms in total. The quantitative estimate of drug-likeness (QED) is 0.730. The Hall–Kier alpha value is -2.90. The van der Waals surface area contributed by atoms with Crippen molar-refractivity contribution in [2.45, 2.75) is 39.0 Å². The zero-order valence-electron chi connectivity index (χ0n) is 18.6. The van der Waals surface area contributed by atoms with Gasteiger partial charge in [-0.2, -0.15) is 15.0 Å². The van der Waals surface area contributed by atoms with E-state index in [-0.39, 0.29) is 5.91 Å². The number of ether oxygens (including phenoxy) is 1. The summed E-state index contributed by atoms with van der Waals surface area (Å²) in [6, 6.07) is 8.43. The van der Waals surface area contributed by atoms with E-state index in [4.69, 9.17) is 9.72 Å². The second kappa shape index (κ2) is 9.94. The van der Waals surface area contributed by atoms with Gasteiger partial charge in [0.25, 0.3) is 0 Å². The molecule has 4 rings (SSSR count). The van der Waals surface area contributed by atoms with Crippen LogP contribution >= 0.6 is 0 Å². The molecule has 2 fully saturated rings. The summed E-state index contributed by atoms with van der Waals surface area (Å²) in [7, 11) is 1.59. The lowest BCUT2D eigenvalue weighted by atomic mass is 10.1. The zero-order chi connectivity index (χ0) is 21.6. The maximum absolute atomic E-state index is 12.8. The van der Waals surface area contributed by atoms with E-state index in [9.17, 15) is 4.79 Å². The molecule has 166 valence electrons. The Morgan fingerprint density at radius 1 is 0.871 bits per heavy atom. The van der Waals surface area contributed by atoms with Crippen molar-refractivity contribution in [2.24, 2.45) is 0 Å². The minimum absolute atomic E-state index is 0.174. The smallest absolute Gasteiger partial charge is 0.322 e. The van der Waals surface area contributed by atoms with Gasteiger partial charge in [-0.25, -0.2) is 0 Å². The molecule has 1 aromatic heterocycles. The normalized spacial score (nSPS) is 17.4. The Labute approximate surface area is 184 Å². The van der Waals surface area contributed by atoms with Crippen molar-refractivity contribution >= 4 is 17.8 Å². The lowest BCUT2D eigenvalue weighted by Gasteiger charge is -2.35. The summed E-state index contributed by atoms with van der Waals surface area (Å²) < 4.78 is 5.37. The lowest BCUT2D eigenvalue weighted by Crippen LogP contribution is -2.49. The number of piperazine rings is 1. The third-order valence-electron chi connectivity index (χ3n) is 6.18. The van der Waals surface area contributed by atoms with Gasteiger partial charge in [-0.15, -0.1) is 0 Å². The molecule has 2 aliphatic heterocycles. The second-order valence-electron chi connectivity index (χ2n) is 8.29. The fourth-order valence-corrected chi connectivity index (χ4v) is 4.22. The first-order valence-corrected chi connectivity index (χ1v) is 11.3. The number of carbonyl (C=O) groups excluding carboxylic acids is 1. The predicted molar refractivity (Wildman–Crippen MR) is 121 cm³/mol. The molecule has 0 spiro atoms. The van der Waals surface area contributed by atoms with E-state index in [2.05, 4.69) is 32.8 Å². The highest BCUT2D eigenvalue weighted by molar-refractivity contribution is 5.79. The van der Waals surface area contributed by atoms with Crippen LogP contribution in [-0.2, 0) is 11.2 Å². The summed E-state index contributed by atoms with van der Waals surface area (Å²) in [5, 5.41) is 0. The zero-order valence-corrected chi connectivity index (χ0v) is 18.6. The van der Waals surface area contributed by atoms with Crippen LogP contribution < -0.4 is 14.5 Å². The van der Waals surface area contributed by atoms with Crippen molar-refractivity contribution in [2.75, 3.05) is 56.2 Å². The van der Waals surface area contributed by atoms with Crippen LogP contribution in [-0.4, -0.2) is 72.1 Å². The summed E-state index contributed by atoms with van der Waals surface area (Å²) in [4.78, 5) is 32.9. The first-order valence-electron chi connectivity index (χ1n) is 11.3. The number of aryl methyl sites for hydroxylation is 1. The van der Waals surface area contributed by atoms with Gasteiger partial charge in [0, 0.05) is 39.3 Å². The fourth-order valence-electron chi connectivity index (χ4n) is 4.22. The molecule has 0 N–H and O–H groups in total. The number of nitrogens with zero attached hydrogens (tertiary/aromatic N) is 6. The largest absolute Gasteiger partial charge is 0.467 e. The molecule has 0 bridgehead atoms. The molecule has 2 aliphatic rings. The van der Waals surface area contributed by atoms with E-state index in [1.807, 2.05) is 23.1 Å². The highest BCUT2D eigenvalue weighted by Crippen LogP contribution is 2.22. The summed E-state index contributed by atoms with van der Waals surface area (Å²) in [5.74, 6) is 1.51. The van der Waals surface area contributed by atoms with Crippen LogP contribution in [0.25, 0.3) is 0 Å². The van der Waals surface area contributed by atoms with E-state index < -0.39 is 0 Å². The molecular formula is C23H32N6O2. The van der Waals surface area contributed by atoms with Gasteiger partial charge in [-0.3, -0.25) is 4.79 Å². The third kappa shape index (κ3) is 5.24. The van der Waals surface area contributed by atoms with Crippen LogP contribution in [0.1, 0.15) is 36.8 Å². The van der Waals surface area contributed by atoms with Crippen molar-refractivity contribution in [3.8, 4) is 6.01 Å². The minimum atomic E-state index is 0.174. The average molecular weight is 425 g/mol. The predicted octanol–water partition coefficient (Wildman–Crippen LogP) is 2.46. The van der Waals surface area contributed by atoms with Gasteiger partial charge in [0.05, 0.1) is 13.5 Å². The standard InChI is InChI=1S/C23H32N6O2/c1-18-9-5-6-10-19(18)17-20(30)27-13-15-29(16-14-27)22-24-21(25-23(26-22)31-2)28-11-7-3-4-8-12-28/h5-6,9-10H,3-4,7-8,11-17H2,1-2H3. The third-order valence-corrected chi connectivity index (χ3v) is 6.18. The van der Waals surface area contributed by atoms with Crippen molar-refractivity contribution in [1.82, 2.24) is 19.9 Å². The van der Waals surface area contributed by atoms with Crippen molar-refractivity contribution < 1.29 is 9.53 Å². The summed E-state index contributed by atoms with van der Waals surface area (Å²) in [6.07, 6.45) is 5.27. The number of methoxy groups -OCH3 is 1. The van der Waals surface area contributed by atoms with Gasteiger partial charge in [-0.1, -0.05) is 37.1 Å². The Morgan fingerprint density at radius 3 is 2.10 bits per heavy atom. The van der Waals surface area contributed by atoms with E-state index in [1.165, 1.54) is 12.8 Å². The number of hydrogen-bond donors (Lipinski definition) is 0. The van der Waals surface area contributed by atoms with Gasteiger partial charge < -0.3 is 19.4 Å². The van der Waals surface area contributed by atoms with Gasteiger partial charge in [0.15, 0.2) is 0 Å². The van der Waals surface area contributed by atoms with Crippen molar-refractivity contribution in [3.63, 3.8) is 0 Å². The number of aromatic nitrogens is 3. The molecule has 1 aromatic carbocycles. The monoisotopic (exact) mass is 424 g/mol. The number of amides is 1. The van der Waals surface area contributed by atoms with E-state index in [0.29, 0.717) is 50.5 Å². The number of benzene rings is 1. The van der Waals surface area contributed by atoms with Crippen LogP contribution in [0, 0.1) is 6.92 Å². The molecule has 0 unspecified atom stereocenters. The van der Waals surface area contributed by atoms with Gasteiger partial charge in [0.1, 0.15) is 0 Å². The molecule has 2 saturated heterocycles. The van der Waals surface area contributed by atoms with Crippen LogP contribution in [0.4, 0.5) is 11.9 Å². The number of anilines is 2. The SMILES string of the molecule is COc1nc(N2CCCCCC2)nc(N2CCN(C(=O)Cc3ccccc3C)CC2)n1. The minimum Gasteiger partial charge on any atom is -0.467 e. The van der Waals surface area contributed by atoms with Crippen LogP contribution in [0.15, 0.2) is 24.3 Å². The fraction of sp³-hybridized carbons (Fsp3) is 0.565. The Bertz CT molecular complexity index is 889. The van der Waals surface area contributed by atoms with E-state index in [0.717, 1.165) is 37.1 Å². The molecule has 0 aliphatic carbocycles. The molecular weight excluding hydrogens is 392 g/mol. The Kier molecular flexibility index (Phi) is 6.84. The molecule has 3 heterocycles. The summed E-state index contributed by atoms with van der Waals surface area (Å²) in [5.41, 5.74) is 2.26. The second-order valence-corrected chi connectivity index (χ2v) is 8.29. The van der Waals surface area contributed by atoms with Gasteiger partial charge in [-0.05, 0) is 30.9 Å². The maximum atomic E-state index is 12.8. The molecule has 0 saturated carbocycles. The van der Waals surface area contributed by atoms with Gasteiger partial charge >= 0.3 is 6.01 Å². The molecule has 31 heavy (non-hydrogen) atoms. The maximum Gasteiger partial charge on any atom is 0.322 e. The summed E-state index contributed by atoms with van der Waals surface area (Å²) >= 11 is 0. The van der Waals surface area contributed by atoms with Crippen molar-refractivity contribution in [1.29, 1.82) is 0 Å². The van der Waals surface area contributed by atoms with E-state index >= 15 is 0 Å². The molecule has 0 radical (unpaired) electrons. The number of carbonyl (C=O) groups is 1. The topological polar surface area (TPSA) is 74.7 Å². The van der Waals surface area contributed by atoms with Crippen LogP contribution in [0.2, 0.25) is 0 Å². The lowest BCUT2D eigenvalue weighted by molar-refractivity contribution is -0.130. The first kappa shape index (κ1) is 21.3. The van der Waals surface area contributed by atoms with Gasteiger partial charge in [0.2, 0.25) is 17.8 Å². The average Bonchev–Trinajstić information content (AvgIpc) is 3.10. The Morgan fingerprint density at radius 2 is 1.48 bits per heavy atom. The van der Waals surface area contributed by atoms with Crippen molar-refractivity contribution in [3.05, 3.63) is 35.4 Å². The van der Waals surface area contributed by atoms with E-state index in [1.54, 1.807) is 7.11 Å². The number of hydrogen-bond acceptors (Lipinski definition) is 7. The van der Waals surface area contributed by atoms with Crippen LogP contribution in [0.3, 0.4) is 0 Å². The highest BCUT2D eigenvalue weighted by atomic mass is 16.5. The molecule has 1 amide bonds. The number of rotatable bonds is 5. The Balaban J connectivity index is 1.41. The highest BCUT2D eigenvalue weighted by Gasteiger charge is 2.25. The molecule has 2 aromatic rings. The van der Waals surface area contributed by atoms with Crippen LogP contribution in [0.5, 0.6) is 6.01 Å². The molecule has 8 heteroatoms. The summed E-state index contributed by atoms with van der Waals surface area (Å²) in [6.45, 7) is 6.71. The first-order chi connectivity index (χ1) is 15.1. The molecule has 0 atom stereocenters.